The summed E-state index contributed by atoms with van der Waals surface area (Å²) in [6, 6.07) is 3.78. The number of hydrogen-bond donors (Lipinski definition) is 2. The van der Waals surface area contributed by atoms with E-state index in [-0.39, 0.29) is 18.2 Å². The summed E-state index contributed by atoms with van der Waals surface area (Å²) < 4.78 is 6.56. The lowest BCUT2D eigenvalue weighted by Crippen LogP contribution is -2.27. The second kappa shape index (κ2) is 9.40. The molecule has 130 valence electrons. The van der Waals surface area contributed by atoms with Crippen molar-refractivity contribution in [1.29, 1.82) is 0 Å². The molecule has 2 amide bonds. The van der Waals surface area contributed by atoms with Crippen LogP contribution in [0.3, 0.4) is 0 Å². The van der Waals surface area contributed by atoms with E-state index in [2.05, 4.69) is 15.5 Å². The lowest BCUT2D eigenvalue weighted by molar-refractivity contribution is -0.119. The third-order valence-corrected chi connectivity index (χ3v) is 4.78. The van der Waals surface area contributed by atoms with E-state index < -0.39 is 5.91 Å². The van der Waals surface area contributed by atoms with Crippen LogP contribution in [-0.2, 0) is 20.9 Å². The average Bonchev–Trinajstić information content (AvgIpc) is 3.19. The number of nitrogens with zero attached hydrogens (tertiary/aromatic N) is 3. The van der Waals surface area contributed by atoms with E-state index in [0.717, 1.165) is 11.3 Å². The molecule has 0 aliphatic rings. The van der Waals surface area contributed by atoms with Gasteiger partial charge in [-0.15, -0.1) is 21.5 Å². The number of carbonyl (C=O) groups is 2. The summed E-state index contributed by atoms with van der Waals surface area (Å²) in [5.41, 5.74) is 5.31. The minimum Gasteiger partial charge on any atom is -0.385 e. The summed E-state index contributed by atoms with van der Waals surface area (Å²) in [7, 11) is 1.62. The highest BCUT2D eigenvalue weighted by atomic mass is 32.2. The van der Waals surface area contributed by atoms with Crippen LogP contribution in [-0.4, -0.2) is 52.6 Å². The van der Waals surface area contributed by atoms with Gasteiger partial charge in [0.25, 0.3) is 0 Å². The van der Waals surface area contributed by atoms with Crippen molar-refractivity contribution in [1.82, 2.24) is 20.1 Å². The van der Waals surface area contributed by atoms with Crippen LogP contribution >= 0.6 is 23.1 Å². The number of primary amides is 1. The fourth-order valence-corrected chi connectivity index (χ4v) is 3.39. The Morgan fingerprint density at radius 1 is 1.46 bits per heavy atom. The summed E-state index contributed by atoms with van der Waals surface area (Å²) in [5, 5.41) is 13.4. The molecule has 0 saturated heterocycles. The van der Waals surface area contributed by atoms with Gasteiger partial charge in [-0.3, -0.25) is 14.2 Å². The molecule has 24 heavy (non-hydrogen) atoms. The quantitative estimate of drug-likeness (QED) is 0.472. The molecule has 2 heterocycles. The van der Waals surface area contributed by atoms with Crippen LogP contribution in [0.15, 0.2) is 22.7 Å². The van der Waals surface area contributed by atoms with E-state index in [1.54, 1.807) is 11.7 Å². The Kier molecular flexibility index (Phi) is 7.22. The number of carbonyl (C=O) groups excluding carboxylic acids is 2. The monoisotopic (exact) mass is 369 g/mol. The smallest absolute Gasteiger partial charge is 0.237 e. The maximum atomic E-state index is 11.8. The molecule has 0 spiro atoms. The highest BCUT2D eigenvalue weighted by Gasteiger charge is 2.17. The molecule has 0 fully saturated rings. The van der Waals surface area contributed by atoms with E-state index in [0.29, 0.717) is 24.1 Å². The molecule has 0 radical (unpaired) electrons. The Morgan fingerprint density at radius 3 is 2.96 bits per heavy atom. The van der Waals surface area contributed by atoms with E-state index in [1.807, 2.05) is 17.5 Å². The number of hydrogen-bond acceptors (Lipinski definition) is 7. The van der Waals surface area contributed by atoms with Crippen LogP contribution in [0.4, 0.5) is 0 Å². The first-order valence-corrected chi connectivity index (χ1v) is 9.12. The van der Waals surface area contributed by atoms with E-state index in [9.17, 15) is 9.59 Å². The van der Waals surface area contributed by atoms with Crippen molar-refractivity contribution in [2.24, 2.45) is 5.73 Å². The van der Waals surface area contributed by atoms with Crippen molar-refractivity contribution in [3.05, 3.63) is 17.5 Å². The fraction of sp³-hybridized carbons (Fsp3) is 0.429. The van der Waals surface area contributed by atoms with Crippen LogP contribution in [0.2, 0.25) is 0 Å². The van der Waals surface area contributed by atoms with Crippen LogP contribution in [0, 0.1) is 0 Å². The minimum absolute atomic E-state index is 0.0297. The van der Waals surface area contributed by atoms with Gasteiger partial charge in [0, 0.05) is 20.3 Å². The lowest BCUT2D eigenvalue weighted by Gasteiger charge is -2.07. The Balaban J connectivity index is 1.99. The van der Waals surface area contributed by atoms with Gasteiger partial charge in [-0.2, -0.15) is 0 Å². The standard InChI is InChI=1S/C14H19N5O3S2/c1-22-6-3-5-16-12(21)9-24-14-18-17-13(10-4-2-7-23-10)19(14)8-11(15)20/h2,4,7H,3,5-6,8-9H2,1H3,(H2,15,20)(H,16,21). The van der Waals surface area contributed by atoms with Crippen LogP contribution in [0.1, 0.15) is 6.42 Å². The van der Waals surface area contributed by atoms with Gasteiger partial charge in [0.2, 0.25) is 11.8 Å². The van der Waals surface area contributed by atoms with Gasteiger partial charge in [0.15, 0.2) is 11.0 Å². The summed E-state index contributed by atoms with van der Waals surface area (Å²) in [5.74, 6) is 0.168. The largest absolute Gasteiger partial charge is 0.385 e. The number of aromatic nitrogens is 3. The minimum atomic E-state index is -0.488. The highest BCUT2D eigenvalue weighted by molar-refractivity contribution is 7.99. The van der Waals surface area contributed by atoms with Gasteiger partial charge in [-0.1, -0.05) is 17.8 Å². The summed E-state index contributed by atoms with van der Waals surface area (Å²) in [6.45, 7) is 1.13. The first kappa shape index (κ1) is 18.4. The Morgan fingerprint density at radius 2 is 2.29 bits per heavy atom. The van der Waals surface area contributed by atoms with Crippen molar-refractivity contribution < 1.29 is 14.3 Å². The topological polar surface area (TPSA) is 112 Å². The van der Waals surface area contributed by atoms with Crippen LogP contribution in [0.5, 0.6) is 0 Å². The zero-order valence-corrected chi connectivity index (χ0v) is 14.9. The van der Waals surface area contributed by atoms with Gasteiger partial charge in [0.1, 0.15) is 6.54 Å². The van der Waals surface area contributed by atoms with Gasteiger partial charge >= 0.3 is 0 Å². The van der Waals surface area contributed by atoms with Crippen molar-refractivity contribution in [2.45, 2.75) is 18.1 Å². The maximum Gasteiger partial charge on any atom is 0.237 e. The number of rotatable bonds is 10. The number of thiophene rings is 1. The molecule has 0 aliphatic heterocycles. The number of nitrogens with one attached hydrogen (secondary N) is 1. The van der Waals surface area contributed by atoms with Gasteiger partial charge in [0.05, 0.1) is 10.6 Å². The first-order valence-electron chi connectivity index (χ1n) is 7.25. The number of nitrogens with two attached hydrogens (primary N) is 1. The Hall–Kier alpha value is -1.91. The van der Waals surface area contributed by atoms with Crippen molar-refractivity contribution in [3.8, 4) is 10.7 Å². The summed E-state index contributed by atoms with van der Waals surface area (Å²) in [4.78, 5) is 24.0. The van der Waals surface area contributed by atoms with Gasteiger partial charge in [-0.25, -0.2) is 0 Å². The number of thioether (sulfide) groups is 1. The predicted octanol–water partition coefficient (Wildman–Crippen LogP) is 0.737. The normalized spacial score (nSPS) is 10.7. The molecule has 2 aromatic rings. The first-order chi connectivity index (χ1) is 11.6. The van der Waals surface area contributed by atoms with Gasteiger partial charge in [-0.05, 0) is 17.9 Å². The molecule has 0 atom stereocenters. The van der Waals surface area contributed by atoms with Crippen molar-refractivity contribution in [2.75, 3.05) is 26.0 Å². The third kappa shape index (κ3) is 5.32. The molecule has 0 aliphatic carbocycles. The molecule has 0 aromatic carbocycles. The van der Waals surface area contributed by atoms with Crippen molar-refractivity contribution >= 4 is 34.9 Å². The zero-order chi connectivity index (χ0) is 17.4. The molecular weight excluding hydrogens is 350 g/mol. The Bertz CT molecular complexity index is 672. The van der Waals surface area contributed by atoms with E-state index >= 15 is 0 Å². The van der Waals surface area contributed by atoms with Crippen LogP contribution < -0.4 is 11.1 Å². The Labute approximate surface area is 147 Å². The van der Waals surface area contributed by atoms with Gasteiger partial charge < -0.3 is 15.8 Å². The SMILES string of the molecule is COCCCNC(=O)CSc1nnc(-c2cccs2)n1CC(N)=O. The van der Waals surface area contributed by atoms with E-state index in [1.165, 1.54) is 23.1 Å². The molecule has 3 N–H and O–H groups in total. The number of ether oxygens (including phenoxy) is 1. The molecule has 2 aromatic heterocycles. The van der Waals surface area contributed by atoms with Crippen LogP contribution in [0.25, 0.3) is 10.7 Å². The zero-order valence-electron chi connectivity index (χ0n) is 13.2. The highest BCUT2D eigenvalue weighted by Crippen LogP contribution is 2.27. The second-order valence-corrected chi connectivity index (χ2v) is 6.71. The average molecular weight is 369 g/mol. The molecule has 0 unspecified atom stereocenters. The second-order valence-electron chi connectivity index (χ2n) is 4.82. The fourth-order valence-electron chi connectivity index (χ4n) is 1.91. The van der Waals surface area contributed by atoms with E-state index in [4.69, 9.17) is 10.5 Å². The molecule has 0 bridgehead atoms. The molecular formula is C14H19N5O3S2. The summed E-state index contributed by atoms with van der Waals surface area (Å²) in [6.07, 6.45) is 0.757. The van der Waals surface area contributed by atoms with Crippen molar-refractivity contribution in [3.63, 3.8) is 0 Å². The number of amides is 2. The molecule has 10 heteroatoms. The lowest BCUT2D eigenvalue weighted by atomic mass is 10.4. The number of methoxy groups -OCH3 is 1. The predicted molar refractivity (Wildman–Crippen MR) is 92.8 cm³/mol. The molecule has 8 nitrogen and oxygen atoms in total. The maximum absolute atomic E-state index is 11.8. The molecule has 0 saturated carbocycles. The molecule has 2 rings (SSSR count). The summed E-state index contributed by atoms with van der Waals surface area (Å²) >= 11 is 2.72. The third-order valence-electron chi connectivity index (χ3n) is 2.95.